The summed E-state index contributed by atoms with van der Waals surface area (Å²) in [6.07, 6.45) is 8.66. The number of rotatable bonds is 5. The molecular weight excluding hydrogens is 342 g/mol. The standard InChI is InChI=1S/C21H27N3O3/c1-21(2,27)17-10-18-15(9-19(17)22-20(26)14-5-6-14)11-24(23-18)16-7-3-13(12-25)4-8-16/h9-14,16,27H,3-8H2,1-2H3,(H,22,26). The summed E-state index contributed by atoms with van der Waals surface area (Å²) < 4.78 is 1.99. The minimum absolute atomic E-state index is 0.0272. The fraction of sp³-hybridized carbons (Fsp3) is 0.571. The third kappa shape index (κ3) is 3.76. The maximum absolute atomic E-state index is 12.3. The molecule has 0 bridgehead atoms. The van der Waals surface area contributed by atoms with E-state index in [2.05, 4.69) is 5.32 Å². The molecule has 2 aliphatic rings. The van der Waals surface area contributed by atoms with Crippen molar-refractivity contribution in [3.05, 3.63) is 23.9 Å². The first-order chi connectivity index (χ1) is 12.8. The van der Waals surface area contributed by atoms with Crippen molar-refractivity contribution in [2.24, 2.45) is 11.8 Å². The minimum atomic E-state index is -1.08. The lowest BCUT2D eigenvalue weighted by molar-refractivity contribution is -0.117. The van der Waals surface area contributed by atoms with Gasteiger partial charge in [0, 0.05) is 34.7 Å². The van der Waals surface area contributed by atoms with Crippen LogP contribution < -0.4 is 5.32 Å². The Morgan fingerprint density at radius 2 is 1.93 bits per heavy atom. The van der Waals surface area contributed by atoms with Gasteiger partial charge in [-0.3, -0.25) is 9.48 Å². The molecule has 0 unspecified atom stereocenters. The third-order valence-corrected chi connectivity index (χ3v) is 5.83. The summed E-state index contributed by atoms with van der Waals surface area (Å²) in [5, 5.41) is 19.3. The van der Waals surface area contributed by atoms with Crippen molar-refractivity contribution in [1.82, 2.24) is 9.78 Å². The number of nitrogens with one attached hydrogen (secondary N) is 1. The van der Waals surface area contributed by atoms with E-state index in [-0.39, 0.29) is 17.7 Å². The van der Waals surface area contributed by atoms with E-state index in [9.17, 15) is 14.7 Å². The van der Waals surface area contributed by atoms with Gasteiger partial charge in [-0.15, -0.1) is 0 Å². The summed E-state index contributed by atoms with van der Waals surface area (Å²) in [6.45, 7) is 3.44. The zero-order valence-electron chi connectivity index (χ0n) is 15.9. The van der Waals surface area contributed by atoms with E-state index >= 15 is 0 Å². The molecule has 1 heterocycles. The average Bonchev–Trinajstić information content (AvgIpc) is 3.40. The largest absolute Gasteiger partial charge is 0.386 e. The molecule has 2 aromatic rings. The van der Waals surface area contributed by atoms with Crippen LogP contribution in [0, 0.1) is 11.8 Å². The predicted octanol–water partition coefficient (Wildman–Crippen LogP) is 3.54. The second-order valence-electron chi connectivity index (χ2n) is 8.59. The average molecular weight is 369 g/mol. The van der Waals surface area contributed by atoms with Crippen LogP contribution in [0.5, 0.6) is 0 Å². The van der Waals surface area contributed by atoms with Crippen LogP contribution in [0.2, 0.25) is 0 Å². The molecule has 2 N–H and O–H groups in total. The maximum Gasteiger partial charge on any atom is 0.227 e. The van der Waals surface area contributed by atoms with E-state index in [1.54, 1.807) is 13.8 Å². The monoisotopic (exact) mass is 369 g/mol. The number of fused-ring (bicyclic) bond motifs is 1. The van der Waals surface area contributed by atoms with Gasteiger partial charge in [0.15, 0.2) is 0 Å². The van der Waals surface area contributed by atoms with Crippen molar-refractivity contribution >= 4 is 28.8 Å². The number of carbonyl (C=O) groups excluding carboxylic acids is 2. The van der Waals surface area contributed by atoms with Crippen LogP contribution in [0.4, 0.5) is 5.69 Å². The summed E-state index contributed by atoms with van der Waals surface area (Å²) in [4.78, 5) is 23.2. The molecule has 2 aliphatic carbocycles. The highest BCUT2D eigenvalue weighted by Gasteiger charge is 2.31. The molecule has 1 aromatic carbocycles. The Bertz CT molecular complexity index is 869. The highest BCUT2D eigenvalue weighted by molar-refractivity contribution is 5.97. The Balaban J connectivity index is 1.66. The molecule has 1 aromatic heterocycles. The van der Waals surface area contributed by atoms with Crippen LogP contribution in [-0.4, -0.2) is 27.1 Å². The highest BCUT2D eigenvalue weighted by Crippen LogP contribution is 2.36. The number of benzene rings is 1. The molecular formula is C21H27N3O3. The molecule has 0 radical (unpaired) electrons. The van der Waals surface area contributed by atoms with Crippen LogP contribution in [0.3, 0.4) is 0 Å². The number of nitrogens with zero attached hydrogens (tertiary/aromatic N) is 2. The zero-order chi connectivity index (χ0) is 19.2. The molecule has 2 fully saturated rings. The summed E-state index contributed by atoms with van der Waals surface area (Å²) >= 11 is 0. The Kier molecular flexibility index (Phi) is 4.54. The van der Waals surface area contributed by atoms with E-state index in [1.807, 2.05) is 23.0 Å². The van der Waals surface area contributed by atoms with E-state index in [0.717, 1.165) is 55.7 Å². The van der Waals surface area contributed by atoms with Gasteiger partial charge >= 0.3 is 0 Å². The van der Waals surface area contributed by atoms with Crippen molar-refractivity contribution in [2.45, 2.75) is 64.0 Å². The van der Waals surface area contributed by atoms with Crippen molar-refractivity contribution in [3.63, 3.8) is 0 Å². The van der Waals surface area contributed by atoms with Gasteiger partial charge < -0.3 is 15.2 Å². The Labute approximate surface area is 158 Å². The van der Waals surface area contributed by atoms with E-state index in [4.69, 9.17) is 5.10 Å². The first-order valence-corrected chi connectivity index (χ1v) is 9.87. The molecule has 6 nitrogen and oxygen atoms in total. The van der Waals surface area contributed by atoms with E-state index < -0.39 is 5.60 Å². The molecule has 1 amide bonds. The number of hydrogen-bond acceptors (Lipinski definition) is 4. The van der Waals surface area contributed by atoms with Crippen molar-refractivity contribution in [3.8, 4) is 0 Å². The summed E-state index contributed by atoms with van der Waals surface area (Å²) in [5.74, 6) is 0.308. The van der Waals surface area contributed by atoms with Gasteiger partial charge in [0.1, 0.15) is 6.29 Å². The lowest BCUT2D eigenvalue weighted by Gasteiger charge is -2.25. The smallest absolute Gasteiger partial charge is 0.227 e. The molecule has 0 spiro atoms. The number of anilines is 1. The second-order valence-corrected chi connectivity index (χ2v) is 8.59. The molecule has 0 atom stereocenters. The van der Waals surface area contributed by atoms with Crippen molar-refractivity contribution in [2.75, 3.05) is 5.32 Å². The number of aldehydes is 1. The van der Waals surface area contributed by atoms with Gasteiger partial charge in [-0.25, -0.2) is 0 Å². The molecule has 2 saturated carbocycles. The Morgan fingerprint density at radius 3 is 2.52 bits per heavy atom. The Hall–Kier alpha value is -2.21. The highest BCUT2D eigenvalue weighted by atomic mass is 16.3. The molecule has 144 valence electrons. The number of carbonyl (C=O) groups is 2. The number of aromatic nitrogens is 2. The lowest BCUT2D eigenvalue weighted by atomic mass is 9.87. The van der Waals surface area contributed by atoms with Crippen LogP contribution >= 0.6 is 0 Å². The minimum Gasteiger partial charge on any atom is -0.386 e. The van der Waals surface area contributed by atoms with Gasteiger partial charge in [0.2, 0.25) is 5.91 Å². The Morgan fingerprint density at radius 1 is 1.22 bits per heavy atom. The van der Waals surface area contributed by atoms with Crippen LogP contribution in [-0.2, 0) is 15.2 Å². The van der Waals surface area contributed by atoms with E-state index in [0.29, 0.717) is 17.3 Å². The fourth-order valence-corrected chi connectivity index (χ4v) is 3.97. The normalized spacial score (nSPS) is 23.4. The first-order valence-electron chi connectivity index (χ1n) is 9.87. The topological polar surface area (TPSA) is 84.2 Å². The molecule has 27 heavy (non-hydrogen) atoms. The van der Waals surface area contributed by atoms with Crippen molar-refractivity contribution < 1.29 is 14.7 Å². The number of amides is 1. The summed E-state index contributed by atoms with van der Waals surface area (Å²) in [6, 6.07) is 4.10. The maximum atomic E-state index is 12.3. The molecule has 6 heteroatoms. The van der Waals surface area contributed by atoms with Crippen LogP contribution in [0.15, 0.2) is 18.3 Å². The third-order valence-electron chi connectivity index (χ3n) is 5.83. The first kappa shape index (κ1) is 18.2. The van der Waals surface area contributed by atoms with E-state index in [1.165, 1.54) is 0 Å². The predicted molar refractivity (Wildman–Crippen MR) is 103 cm³/mol. The van der Waals surface area contributed by atoms with Gasteiger partial charge in [-0.1, -0.05) is 0 Å². The van der Waals surface area contributed by atoms with Gasteiger partial charge in [-0.05, 0) is 64.5 Å². The summed E-state index contributed by atoms with van der Waals surface area (Å²) in [5.41, 5.74) is 1.08. The SMILES string of the molecule is CC(C)(O)c1cc2nn(C3CCC(C=O)CC3)cc2cc1NC(=O)C1CC1. The number of hydrogen-bond donors (Lipinski definition) is 2. The summed E-state index contributed by atoms with van der Waals surface area (Å²) in [7, 11) is 0. The van der Waals surface area contributed by atoms with Gasteiger partial charge in [0.25, 0.3) is 0 Å². The molecule has 0 saturated heterocycles. The van der Waals surface area contributed by atoms with Gasteiger partial charge in [0.05, 0.1) is 17.2 Å². The van der Waals surface area contributed by atoms with Crippen molar-refractivity contribution in [1.29, 1.82) is 0 Å². The number of aliphatic hydroxyl groups is 1. The quantitative estimate of drug-likeness (QED) is 0.790. The van der Waals surface area contributed by atoms with Crippen LogP contribution in [0.1, 0.15) is 64.0 Å². The fourth-order valence-electron chi connectivity index (χ4n) is 3.97. The lowest BCUT2D eigenvalue weighted by Crippen LogP contribution is -2.21. The van der Waals surface area contributed by atoms with Crippen LogP contribution in [0.25, 0.3) is 10.9 Å². The zero-order valence-corrected chi connectivity index (χ0v) is 15.9. The molecule has 4 rings (SSSR count). The second kappa shape index (κ2) is 6.75. The van der Waals surface area contributed by atoms with Gasteiger partial charge in [-0.2, -0.15) is 5.10 Å². The molecule has 0 aliphatic heterocycles.